The number of aliphatic hydroxyl groups excluding tert-OH is 1. The van der Waals surface area contributed by atoms with Crippen LogP contribution in [0.1, 0.15) is 51.9 Å². The molecule has 1 fully saturated rings. The van der Waals surface area contributed by atoms with Crippen molar-refractivity contribution in [3.63, 3.8) is 0 Å². The second kappa shape index (κ2) is 11.1. The van der Waals surface area contributed by atoms with Crippen molar-refractivity contribution >= 4 is 17.7 Å². The summed E-state index contributed by atoms with van der Waals surface area (Å²) in [4.78, 5) is 38.1. The van der Waals surface area contributed by atoms with Crippen LogP contribution in [0.2, 0.25) is 0 Å². The molecule has 1 aliphatic carbocycles. The van der Waals surface area contributed by atoms with E-state index in [2.05, 4.69) is 10.6 Å². The summed E-state index contributed by atoms with van der Waals surface area (Å²) >= 11 is 0. The summed E-state index contributed by atoms with van der Waals surface area (Å²) < 4.78 is 0. The molecular weight excluding hydrogens is 336 g/mol. The fourth-order valence-corrected chi connectivity index (χ4v) is 3.31. The second-order valence-corrected chi connectivity index (χ2v) is 7.29. The number of likely N-dealkylation sites (N-methyl/N-ethyl adjacent to an activating group) is 1. The first-order chi connectivity index (χ1) is 12.3. The molecule has 0 heterocycles. The Morgan fingerprint density at radius 1 is 1.19 bits per heavy atom. The van der Waals surface area contributed by atoms with Crippen LogP contribution in [-0.4, -0.2) is 66.6 Å². The van der Waals surface area contributed by atoms with Crippen molar-refractivity contribution in [2.24, 2.45) is 11.7 Å². The van der Waals surface area contributed by atoms with Crippen molar-refractivity contribution in [3.8, 4) is 0 Å². The molecule has 0 bridgehead atoms. The molecule has 0 aromatic heterocycles. The Morgan fingerprint density at radius 3 is 2.35 bits per heavy atom. The van der Waals surface area contributed by atoms with Gasteiger partial charge in [-0.15, -0.1) is 0 Å². The van der Waals surface area contributed by atoms with Gasteiger partial charge in [0.15, 0.2) is 0 Å². The maximum atomic E-state index is 12.5. The Kier molecular flexibility index (Phi) is 9.58. The van der Waals surface area contributed by atoms with Crippen molar-refractivity contribution in [1.29, 1.82) is 0 Å². The molecule has 2 unspecified atom stereocenters. The van der Waals surface area contributed by atoms with Crippen molar-refractivity contribution in [1.82, 2.24) is 15.5 Å². The lowest BCUT2D eigenvalue weighted by Gasteiger charge is -2.31. The van der Waals surface area contributed by atoms with Crippen LogP contribution in [0.25, 0.3) is 0 Å². The third-order valence-corrected chi connectivity index (χ3v) is 4.86. The van der Waals surface area contributed by atoms with E-state index in [0.29, 0.717) is 6.42 Å². The minimum Gasteiger partial charge on any atom is -0.382 e. The maximum Gasteiger partial charge on any atom is 0.250 e. The third-order valence-electron chi connectivity index (χ3n) is 4.86. The first kappa shape index (κ1) is 22.4. The minimum absolute atomic E-state index is 0.113. The summed E-state index contributed by atoms with van der Waals surface area (Å²) in [5.74, 6) is -1.14. The number of hydrogen-bond acceptors (Lipinski definition) is 5. The fourth-order valence-electron chi connectivity index (χ4n) is 3.31. The molecule has 3 amide bonds. The van der Waals surface area contributed by atoms with Gasteiger partial charge in [-0.3, -0.25) is 14.4 Å². The van der Waals surface area contributed by atoms with E-state index in [1.807, 2.05) is 6.92 Å². The first-order valence-corrected chi connectivity index (χ1v) is 9.49. The van der Waals surface area contributed by atoms with Gasteiger partial charge in [-0.05, 0) is 25.2 Å². The zero-order chi connectivity index (χ0) is 19.7. The average Bonchev–Trinajstić information content (AvgIpc) is 2.63. The Bertz CT molecular complexity index is 478. The molecule has 0 aromatic carbocycles. The van der Waals surface area contributed by atoms with Crippen LogP contribution >= 0.6 is 0 Å². The summed E-state index contributed by atoms with van der Waals surface area (Å²) in [6.45, 7) is 1.61. The first-order valence-electron chi connectivity index (χ1n) is 9.49. The van der Waals surface area contributed by atoms with Crippen LogP contribution in [0.5, 0.6) is 0 Å². The van der Waals surface area contributed by atoms with Crippen LogP contribution in [0.4, 0.5) is 0 Å². The summed E-state index contributed by atoms with van der Waals surface area (Å²) in [5, 5.41) is 15.0. The van der Waals surface area contributed by atoms with E-state index in [-0.39, 0.29) is 18.4 Å². The smallest absolute Gasteiger partial charge is 0.250 e. The van der Waals surface area contributed by atoms with Crippen LogP contribution in [-0.2, 0) is 14.4 Å². The van der Waals surface area contributed by atoms with Gasteiger partial charge in [0.1, 0.15) is 12.1 Å². The van der Waals surface area contributed by atoms with E-state index in [1.54, 1.807) is 14.1 Å². The number of amides is 3. The highest BCUT2D eigenvalue weighted by molar-refractivity contribution is 5.91. The molecule has 0 aliphatic heterocycles. The van der Waals surface area contributed by atoms with Gasteiger partial charge < -0.3 is 26.4 Å². The standard InChI is InChI=1S/C18H34N4O4/c1-4-8-13(19)16(24)17(25)20-11-14(23)21-15(18(26)22(2)3)12-9-6-5-7-10-12/h12-13,15-16,24H,4-11,19H2,1-3H3,(H,20,25)(H,21,23)/t13-,15?,16?/m0/s1. The monoisotopic (exact) mass is 370 g/mol. The molecule has 0 spiro atoms. The van der Waals surface area contributed by atoms with E-state index in [1.165, 1.54) is 4.90 Å². The predicted octanol–water partition coefficient (Wildman–Crippen LogP) is -0.256. The third kappa shape index (κ3) is 6.92. The molecule has 0 saturated heterocycles. The van der Waals surface area contributed by atoms with Gasteiger partial charge >= 0.3 is 0 Å². The molecule has 26 heavy (non-hydrogen) atoms. The SMILES string of the molecule is CCC[C@H](N)C(O)C(=O)NCC(=O)NC(C(=O)N(C)C)C1CCCCC1. The molecule has 1 aliphatic rings. The number of carbonyl (C=O) groups is 3. The van der Waals surface area contributed by atoms with Crippen LogP contribution in [0.3, 0.4) is 0 Å². The van der Waals surface area contributed by atoms with Crippen LogP contribution < -0.4 is 16.4 Å². The van der Waals surface area contributed by atoms with E-state index < -0.39 is 30.0 Å². The Balaban J connectivity index is 2.58. The number of hydrogen-bond donors (Lipinski definition) is 4. The van der Waals surface area contributed by atoms with Crippen molar-refractivity contribution in [2.75, 3.05) is 20.6 Å². The highest BCUT2D eigenvalue weighted by Gasteiger charge is 2.32. The number of nitrogens with two attached hydrogens (primary N) is 1. The molecule has 5 N–H and O–H groups in total. The number of rotatable bonds is 9. The van der Waals surface area contributed by atoms with Crippen molar-refractivity contribution in [2.45, 2.75) is 70.1 Å². The number of nitrogens with zero attached hydrogens (tertiary/aromatic N) is 1. The van der Waals surface area contributed by atoms with E-state index >= 15 is 0 Å². The Labute approximate surface area is 155 Å². The van der Waals surface area contributed by atoms with Gasteiger partial charge in [0.05, 0.1) is 6.54 Å². The molecule has 8 heteroatoms. The summed E-state index contributed by atoms with van der Waals surface area (Å²) in [7, 11) is 3.33. The quantitative estimate of drug-likeness (QED) is 0.445. The van der Waals surface area contributed by atoms with Crippen molar-refractivity contribution in [3.05, 3.63) is 0 Å². The Hall–Kier alpha value is -1.67. The molecule has 150 valence electrons. The lowest BCUT2D eigenvalue weighted by atomic mass is 9.83. The zero-order valence-corrected chi connectivity index (χ0v) is 16.2. The van der Waals surface area contributed by atoms with Crippen LogP contribution in [0, 0.1) is 5.92 Å². The lowest BCUT2D eigenvalue weighted by molar-refractivity contribution is -0.137. The summed E-state index contributed by atoms with van der Waals surface area (Å²) in [5.41, 5.74) is 5.72. The van der Waals surface area contributed by atoms with Crippen LogP contribution in [0.15, 0.2) is 0 Å². The van der Waals surface area contributed by atoms with E-state index in [9.17, 15) is 19.5 Å². The maximum absolute atomic E-state index is 12.5. The van der Waals surface area contributed by atoms with Gasteiger partial charge in [0.2, 0.25) is 11.8 Å². The van der Waals surface area contributed by atoms with Gasteiger partial charge in [0, 0.05) is 20.1 Å². The van der Waals surface area contributed by atoms with Gasteiger partial charge in [-0.2, -0.15) is 0 Å². The second-order valence-electron chi connectivity index (χ2n) is 7.29. The summed E-state index contributed by atoms with van der Waals surface area (Å²) in [6, 6.07) is -1.24. The highest BCUT2D eigenvalue weighted by Crippen LogP contribution is 2.27. The van der Waals surface area contributed by atoms with E-state index in [4.69, 9.17) is 5.73 Å². The molecule has 0 radical (unpaired) electrons. The number of aliphatic hydroxyl groups is 1. The average molecular weight is 370 g/mol. The molecule has 1 saturated carbocycles. The largest absolute Gasteiger partial charge is 0.382 e. The van der Waals surface area contributed by atoms with E-state index in [0.717, 1.165) is 38.5 Å². The number of nitrogens with one attached hydrogen (secondary N) is 2. The topological polar surface area (TPSA) is 125 Å². The Morgan fingerprint density at radius 2 is 1.81 bits per heavy atom. The molecule has 3 atom stereocenters. The lowest BCUT2D eigenvalue weighted by Crippen LogP contribution is -2.54. The molecular formula is C18H34N4O4. The van der Waals surface area contributed by atoms with Crippen molar-refractivity contribution < 1.29 is 19.5 Å². The van der Waals surface area contributed by atoms with Gasteiger partial charge in [-0.1, -0.05) is 32.6 Å². The molecule has 8 nitrogen and oxygen atoms in total. The predicted molar refractivity (Wildman–Crippen MR) is 99.1 cm³/mol. The normalized spacial score (nSPS) is 18.5. The number of carbonyl (C=O) groups excluding carboxylic acids is 3. The molecule has 0 aromatic rings. The fraction of sp³-hybridized carbons (Fsp3) is 0.833. The molecule has 1 rings (SSSR count). The summed E-state index contributed by atoms with van der Waals surface area (Å²) in [6.07, 6.45) is 4.98. The zero-order valence-electron chi connectivity index (χ0n) is 16.2. The van der Waals surface area contributed by atoms with Gasteiger partial charge in [0.25, 0.3) is 5.91 Å². The highest BCUT2D eigenvalue weighted by atomic mass is 16.3. The minimum atomic E-state index is -1.35. The van der Waals surface area contributed by atoms with Gasteiger partial charge in [-0.25, -0.2) is 0 Å².